The van der Waals surface area contributed by atoms with E-state index in [0.717, 1.165) is 5.56 Å². The number of anilines is 1. The third-order valence-electron chi connectivity index (χ3n) is 4.17. The molecule has 1 aromatic carbocycles. The van der Waals surface area contributed by atoms with E-state index in [-0.39, 0.29) is 22.9 Å². The van der Waals surface area contributed by atoms with Crippen LogP contribution >= 0.6 is 0 Å². The van der Waals surface area contributed by atoms with Crippen molar-refractivity contribution in [2.45, 2.75) is 32.7 Å². The number of aromatic nitrogens is 2. The Hall–Kier alpha value is -3.29. The molecule has 0 fully saturated rings. The van der Waals surface area contributed by atoms with E-state index in [9.17, 15) is 19.2 Å². The molecule has 3 rings (SSSR count). The maximum absolute atomic E-state index is 12.3. The lowest BCUT2D eigenvalue weighted by Gasteiger charge is -2.17. The van der Waals surface area contributed by atoms with E-state index in [0.29, 0.717) is 37.1 Å². The van der Waals surface area contributed by atoms with E-state index in [1.165, 1.54) is 16.8 Å². The topological polar surface area (TPSA) is 107 Å². The molecule has 1 aromatic heterocycles. The van der Waals surface area contributed by atoms with Crippen LogP contribution in [0.4, 0.5) is 5.69 Å². The summed E-state index contributed by atoms with van der Waals surface area (Å²) in [5.41, 5.74) is 1.65. The van der Waals surface area contributed by atoms with Gasteiger partial charge in [0.05, 0.1) is 0 Å². The quantitative estimate of drug-likeness (QED) is 0.612. The van der Waals surface area contributed by atoms with Crippen LogP contribution in [0.15, 0.2) is 35.1 Å². The van der Waals surface area contributed by atoms with Crippen molar-refractivity contribution in [1.29, 1.82) is 0 Å². The number of Topliss-reactive ketones (excluding diaryl/α,β-unsaturated/α-hetero) is 1. The lowest BCUT2D eigenvalue weighted by atomic mass is 9.99. The molecule has 0 unspecified atom stereocenters. The largest absolute Gasteiger partial charge is 0.453 e. The number of rotatable bonds is 6. The zero-order valence-corrected chi connectivity index (χ0v) is 14.9. The van der Waals surface area contributed by atoms with Crippen molar-refractivity contribution in [3.05, 3.63) is 57.5 Å². The predicted octanol–water partition coefficient (Wildman–Crippen LogP) is 1.58. The van der Waals surface area contributed by atoms with Gasteiger partial charge in [-0.3, -0.25) is 14.4 Å². The molecular weight excluding hydrogens is 350 g/mol. The van der Waals surface area contributed by atoms with Crippen LogP contribution in [-0.2, 0) is 22.5 Å². The third kappa shape index (κ3) is 4.28. The van der Waals surface area contributed by atoms with Gasteiger partial charge in [0.2, 0.25) is 5.91 Å². The van der Waals surface area contributed by atoms with E-state index in [2.05, 4.69) is 10.4 Å². The van der Waals surface area contributed by atoms with Crippen molar-refractivity contribution in [3.63, 3.8) is 0 Å². The first-order valence-electron chi connectivity index (χ1n) is 8.69. The van der Waals surface area contributed by atoms with Crippen LogP contribution in [0.3, 0.4) is 0 Å². The highest BCUT2D eigenvalue weighted by molar-refractivity contribution is 6.00. The molecule has 1 N–H and O–H groups in total. The van der Waals surface area contributed by atoms with Gasteiger partial charge in [-0.25, -0.2) is 9.48 Å². The van der Waals surface area contributed by atoms with Crippen molar-refractivity contribution >= 4 is 23.3 Å². The third-order valence-corrected chi connectivity index (χ3v) is 4.17. The van der Waals surface area contributed by atoms with Crippen molar-refractivity contribution in [1.82, 2.24) is 9.78 Å². The highest BCUT2D eigenvalue weighted by Gasteiger charge is 2.18. The molecule has 0 atom stereocenters. The molecule has 140 valence electrons. The molecule has 27 heavy (non-hydrogen) atoms. The Morgan fingerprint density at radius 1 is 1.19 bits per heavy atom. The van der Waals surface area contributed by atoms with Gasteiger partial charge in [-0.2, -0.15) is 5.10 Å². The SMILES string of the molecule is CCCn1nc(C(=O)OCC(=O)c2ccc3c(c2)CCC(=O)N3)ccc1=O. The summed E-state index contributed by atoms with van der Waals surface area (Å²) in [6, 6.07) is 7.48. The van der Waals surface area contributed by atoms with Crippen LogP contribution in [0, 0.1) is 0 Å². The molecular formula is C19H19N3O5. The monoisotopic (exact) mass is 369 g/mol. The Kier molecular flexibility index (Phi) is 5.44. The summed E-state index contributed by atoms with van der Waals surface area (Å²) in [7, 11) is 0. The van der Waals surface area contributed by atoms with Crippen molar-refractivity contribution in [2.24, 2.45) is 0 Å². The molecule has 0 radical (unpaired) electrons. The Bertz CT molecular complexity index is 964. The van der Waals surface area contributed by atoms with Gasteiger partial charge in [0.25, 0.3) is 5.56 Å². The number of carbonyl (C=O) groups is 3. The van der Waals surface area contributed by atoms with Crippen LogP contribution in [-0.4, -0.2) is 34.0 Å². The van der Waals surface area contributed by atoms with Gasteiger partial charge in [0, 0.05) is 30.3 Å². The smallest absolute Gasteiger partial charge is 0.359 e. The molecule has 2 heterocycles. The zero-order chi connectivity index (χ0) is 19.4. The number of aryl methyl sites for hydroxylation is 2. The highest BCUT2D eigenvalue weighted by atomic mass is 16.5. The lowest BCUT2D eigenvalue weighted by Crippen LogP contribution is -2.25. The number of hydrogen-bond acceptors (Lipinski definition) is 6. The van der Waals surface area contributed by atoms with Crippen molar-refractivity contribution < 1.29 is 19.1 Å². The maximum Gasteiger partial charge on any atom is 0.359 e. The van der Waals surface area contributed by atoms with E-state index >= 15 is 0 Å². The molecule has 0 aliphatic carbocycles. The highest BCUT2D eigenvalue weighted by Crippen LogP contribution is 2.23. The van der Waals surface area contributed by atoms with Crippen molar-refractivity contribution in [3.8, 4) is 0 Å². The van der Waals surface area contributed by atoms with E-state index in [4.69, 9.17) is 4.74 Å². The van der Waals surface area contributed by atoms with Crippen LogP contribution in [0.25, 0.3) is 0 Å². The van der Waals surface area contributed by atoms with Crippen LogP contribution in [0.1, 0.15) is 46.2 Å². The fourth-order valence-electron chi connectivity index (χ4n) is 2.78. The van der Waals surface area contributed by atoms with Gasteiger partial charge in [0.1, 0.15) is 0 Å². The Balaban J connectivity index is 1.65. The standard InChI is InChI=1S/C19H19N3O5/c1-2-9-22-18(25)8-6-15(21-22)19(26)27-11-16(23)13-3-5-14-12(10-13)4-7-17(24)20-14/h3,5-6,8,10H,2,4,7,9,11H2,1H3,(H,20,24). The summed E-state index contributed by atoms with van der Waals surface area (Å²) in [6.07, 6.45) is 1.63. The number of ketones is 1. The number of carbonyl (C=O) groups excluding carboxylic acids is 3. The summed E-state index contributed by atoms with van der Waals surface area (Å²) >= 11 is 0. The van der Waals surface area contributed by atoms with E-state index < -0.39 is 12.6 Å². The predicted molar refractivity (Wildman–Crippen MR) is 96.8 cm³/mol. The van der Waals surface area contributed by atoms with Gasteiger partial charge >= 0.3 is 5.97 Å². The maximum atomic E-state index is 12.3. The Morgan fingerprint density at radius 2 is 2.00 bits per heavy atom. The molecule has 0 bridgehead atoms. The fourth-order valence-corrected chi connectivity index (χ4v) is 2.78. The van der Waals surface area contributed by atoms with Crippen LogP contribution in [0.2, 0.25) is 0 Å². The summed E-state index contributed by atoms with van der Waals surface area (Å²) in [5, 5.41) is 6.70. The summed E-state index contributed by atoms with van der Waals surface area (Å²) < 4.78 is 6.23. The first kappa shape index (κ1) is 18.5. The van der Waals surface area contributed by atoms with Gasteiger partial charge < -0.3 is 10.1 Å². The number of nitrogens with one attached hydrogen (secondary N) is 1. The first-order valence-corrected chi connectivity index (χ1v) is 8.69. The second-order valence-corrected chi connectivity index (χ2v) is 6.20. The van der Waals surface area contributed by atoms with E-state index in [1.807, 2.05) is 6.92 Å². The van der Waals surface area contributed by atoms with Crippen LogP contribution < -0.4 is 10.9 Å². The molecule has 0 saturated carbocycles. The van der Waals surface area contributed by atoms with Gasteiger partial charge in [-0.1, -0.05) is 6.92 Å². The number of amides is 1. The van der Waals surface area contributed by atoms with Gasteiger partial charge in [-0.15, -0.1) is 0 Å². The lowest BCUT2D eigenvalue weighted by molar-refractivity contribution is -0.116. The minimum atomic E-state index is -0.765. The summed E-state index contributed by atoms with van der Waals surface area (Å²) in [4.78, 5) is 47.5. The van der Waals surface area contributed by atoms with Crippen LogP contribution in [0.5, 0.6) is 0 Å². The number of benzene rings is 1. The summed E-state index contributed by atoms with van der Waals surface area (Å²) in [5.74, 6) is -1.17. The van der Waals surface area contributed by atoms with Crippen molar-refractivity contribution in [2.75, 3.05) is 11.9 Å². The molecule has 0 spiro atoms. The molecule has 0 saturated heterocycles. The van der Waals surface area contributed by atoms with Gasteiger partial charge in [-0.05, 0) is 42.7 Å². The summed E-state index contributed by atoms with van der Waals surface area (Å²) in [6.45, 7) is 1.85. The molecule has 1 aliphatic rings. The number of fused-ring (bicyclic) bond motifs is 1. The minimum absolute atomic E-state index is 0.0241. The zero-order valence-electron chi connectivity index (χ0n) is 14.9. The molecule has 2 aromatic rings. The minimum Gasteiger partial charge on any atom is -0.453 e. The molecule has 1 amide bonds. The normalized spacial score (nSPS) is 12.9. The Labute approximate surface area is 155 Å². The van der Waals surface area contributed by atoms with Gasteiger partial charge in [0.15, 0.2) is 18.1 Å². The Morgan fingerprint density at radius 3 is 2.78 bits per heavy atom. The van der Waals surface area contributed by atoms with E-state index in [1.54, 1.807) is 18.2 Å². The number of hydrogen-bond donors (Lipinski definition) is 1. The average Bonchev–Trinajstić information content (AvgIpc) is 2.67. The number of ether oxygens (including phenoxy) is 1. The second kappa shape index (κ2) is 7.94. The molecule has 1 aliphatic heterocycles. The fraction of sp³-hybridized carbons (Fsp3) is 0.316. The first-order chi connectivity index (χ1) is 13.0. The number of nitrogens with zero attached hydrogens (tertiary/aromatic N) is 2. The average molecular weight is 369 g/mol. The number of esters is 1. The molecule has 8 nitrogen and oxygen atoms in total. The molecule has 8 heteroatoms. The second-order valence-electron chi connectivity index (χ2n) is 6.20.